The lowest BCUT2D eigenvalue weighted by Gasteiger charge is -2.16. The summed E-state index contributed by atoms with van der Waals surface area (Å²) in [5, 5.41) is 4.63. The van der Waals surface area contributed by atoms with Crippen molar-refractivity contribution in [1.29, 1.82) is 0 Å². The number of benzene rings is 1. The molecule has 1 aromatic carbocycles. The van der Waals surface area contributed by atoms with Crippen molar-refractivity contribution in [3.05, 3.63) is 42.1 Å². The first kappa shape index (κ1) is 13.0. The van der Waals surface area contributed by atoms with Crippen LogP contribution in [0.15, 0.2) is 36.5 Å². The third kappa shape index (κ3) is 3.08. The zero-order valence-corrected chi connectivity index (χ0v) is 11.3. The van der Waals surface area contributed by atoms with Gasteiger partial charge in [-0.25, -0.2) is 0 Å². The first-order valence-corrected chi connectivity index (χ1v) is 6.87. The van der Waals surface area contributed by atoms with Crippen LogP contribution in [0, 0.1) is 0 Å². The molecule has 96 valence electrons. The quantitative estimate of drug-likeness (QED) is 0.772. The summed E-state index contributed by atoms with van der Waals surface area (Å²) < 4.78 is 0. The van der Waals surface area contributed by atoms with Gasteiger partial charge in [-0.3, -0.25) is 4.98 Å². The van der Waals surface area contributed by atoms with E-state index in [0.717, 1.165) is 5.52 Å². The summed E-state index contributed by atoms with van der Waals surface area (Å²) in [6.07, 6.45) is 6.92. The number of nitrogens with one attached hydrogen (secondary N) is 1. The van der Waals surface area contributed by atoms with E-state index < -0.39 is 0 Å². The Hall–Kier alpha value is -1.41. The lowest BCUT2D eigenvalue weighted by Crippen LogP contribution is -2.16. The Morgan fingerprint density at radius 1 is 1.22 bits per heavy atom. The summed E-state index contributed by atoms with van der Waals surface area (Å²) in [7, 11) is 2.04. The number of nitrogens with zero attached hydrogens (tertiary/aromatic N) is 1. The van der Waals surface area contributed by atoms with Crippen LogP contribution >= 0.6 is 0 Å². The van der Waals surface area contributed by atoms with Gasteiger partial charge in [0, 0.05) is 17.6 Å². The van der Waals surface area contributed by atoms with Crippen molar-refractivity contribution in [2.75, 3.05) is 7.05 Å². The highest BCUT2D eigenvalue weighted by Crippen LogP contribution is 2.22. The summed E-state index contributed by atoms with van der Waals surface area (Å²) in [5.41, 5.74) is 2.44. The number of rotatable bonds is 6. The van der Waals surface area contributed by atoms with Crippen molar-refractivity contribution in [2.24, 2.45) is 0 Å². The Morgan fingerprint density at radius 2 is 2.11 bits per heavy atom. The summed E-state index contributed by atoms with van der Waals surface area (Å²) in [6.45, 7) is 2.24. The number of pyridine rings is 1. The molecule has 2 heteroatoms. The van der Waals surface area contributed by atoms with E-state index in [0.29, 0.717) is 6.04 Å². The normalized spacial score (nSPS) is 12.8. The van der Waals surface area contributed by atoms with E-state index in [2.05, 4.69) is 41.5 Å². The molecule has 0 aliphatic carbocycles. The lowest BCUT2D eigenvalue weighted by atomic mass is 9.99. The van der Waals surface area contributed by atoms with Crippen LogP contribution in [-0.2, 0) is 0 Å². The van der Waals surface area contributed by atoms with E-state index in [1.165, 1.54) is 36.6 Å². The maximum absolute atomic E-state index is 4.43. The fourth-order valence-electron chi connectivity index (χ4n) is 2.38. The van der Waals surface area contributed by atoms with E-state index in [1.54, 1.807) is 0 Å². The molecule has 0 amide bonds. The van der Waals surface area contributed by atoms with Gasteiger partial charge in [-0.2, -0.15) is 0 Å². The van der Waals surface area contributed by atoms with Gasteiger partial charge in [-0.1, -0.05) is 44.4 Å². The summed E-state index contributed by atoms with van der Waals surface area (Å²) in [6, 6.07) is 11.1. The van der Waals surface area contributed by atoms with Gasteiger partial charge in [0.15, 0.2) is 0 Å². The third-order valence-corrected chi connectivity index (χ3v) is 3.48. The van der Waals surface area contributed by atoms with Crippen LogP contribution in [0.25, 0.3) is 10.9 Å². The molecule has 2 nitrogen and oxygen atoms in total. The molecule has 18 heavy (non-hydrogen) atoms. The van der Waals surface area contributed by atoms with E-state index >= 15 is 0 Å². The Kier molecular flexibility index (Phi) is 4.71. The Balaban J connectivity index is 2.17. The molecule has 1 atom stereocenters. The van der Waals surface area contributed by atoms with Crippen molar-refractivity contribution in [3.63, 3.8) is 0 Å². The number of aromatic nitrogens is 1. The molecule has 0 saturated heterocycles. The number of hydrogen-bond donors (Lipinski definition) is 1. The Labute approximate surface area is 109 Å². The fraction of sp³-hybridized carbons (Fsp3) is 0.438. The molecule has 1 heterocycles. The maximum atomic E-state index is 4.43. The Morgan fingerprint density at radius 3 is 2.89 bits per heavy atom. The summed E-state index contributed by atoms with van der Waals surface area (Å²) >= 11 is 0. The van der Waals surface area contributed by atoms with Crippen LogP contribution in [0.5, 0.6) is 0 Å². The second kappa shape index (κ2) is 6.50. The molecular weight excluding hydrogens is 220 g/mol. The van der Waals surface area contributed by atoms with Gasteiger partial charge in [0.05, 0.1) is 5.52 Å². The number of hydrogen-bond acceptors (Lipinski definition) is 2. The SMILES string of the molecule is CCCCCC(NC)c1ccc2cccnc2c1. The van der Waals surface area contributed by atoms with E-state index in [-0.39, 0.29) is 0 Å². The predicted octanol–water partition coefficient (Wildman–Crippen LogP) is 4.08. The second-order valence-corrected chi connectivity index (χ2v) is 4.79. The van der Waals surface area contributed by atoms with Crippen LogP contribution in [0.3, 0.4) is 0 Å². The van der Waals surface area contributed by atoms with Crippen molar-refractivity contribution in [1.82, 2.24) is 10.3 Å². The van der Waals surface area contributed by atoms with Gasteiger partial charge in [0.25, 0.3) is 0 Å². The minimum absolute atomic E-state index is 0.447. The zero-order chi connectivity index (χ0) is 12.8. The predicted molar refractivity (Wildman–Crippen MR) is 77.7 cm³/mol. The van der Waals surface area contributed by atoms with Gasteiger partial charge in [-0.05, 0) is 31.2 Å². The zero-order valence-electron chi connectivity index (χ0n) is 11.3. The molecule has 0 spiro atoms. The highest BCUT2D eigenvalue weighted by atomic mass is 14.9. The van der Waals surface area contributed by atoms with E-state index in [4.69, 9.17) is 0 Å². The molecule has 2 rings (SSSR count). The molecule has 1 unspecified atom stereocenters. The average Bonchev–Trinajstić information content (AvgIpc) is 2.43. The minimum Gasteiger partial charge on any atom is -0.313 e. The molecule has 0 aliphatic rings. The highest BCUT2D eigenvalue weighted by molar-refractivity contribution is 5.78. The molecule has 0 fully saturated rings. The van der Waals surface area contributed by atoms with Crippen molar-refractivity contribution in [2.45, 2.75) is 38.6 Å². The monoisotopic (exact) mass is 242 g/mol. The average molecular weight is 242 g/mol. The number of unbranched alkanes of at least 4 members (excludes halogenated alkanes) is 2. The first-order chi connectivity index (χ1) is 8.85. The number of fused-ring (bicyclic) bond motifs is 1. The van der Waals surface area contributed by atoms with Gasteiger partial charge in [-0.15, -0.1) is 0 Å². The van der Waals surface area contributed by atoms with Crippen LogP contribution < -0.4 is 5.32 Å². The van der Waals surface area contributed by atoms with Gasteiger partial charge in [0.2, 0.25) is 0 Å². The van der Waals surface area contributed by atoms with Crippen molar-refractivity contribution in [3.8, 4) is 0 Å². The fourth-order valence-corrected chi connectivity index (χ4v) is 2.38. The second-order valence-electron chi connectivity index (χ2n) is 4.79. The van der Waals surface area contributed by atoms with E-state index in [9.17, 15) is 0 Å². The maximum Gasteiger partial charge on any atom is 0.0705 e. The van der Waals surface area contributed by atoms with E-state index in [1.807, 2.05) is 19.3 Å². The molecule has 0 bridgehead atoms. The smallest absolute Gasteiger partial charge is 0.0705 e. The van der Waals surface area contributed by atoms with Gasteiger partial charge < -0.3 is 5.32 Å². The molecule has 0 aliphatic heterocycles. The molecule has 1 N–H and O–H groups in total. The standard InChI is InChI=1S/C16H22N2/c1-3-4-5-8-15(17-2)14-10-9-13-7-6-11-18-16(13)12-14/h6-7,9-12,15,17H,3-5,8H2,1-2H3. The van der Waals surface area contributed by atoms with Gasteiger partial charge in [0.1, 0.15) is 0 Å². The summed E-state index contributed by atoms with van der Waals surface area (Å²) in [4.78, 5) is 4.43. The highest BCUT2D eigenvalue weighted by Gasteiger charge is 2.09. The first-order valence-electron chi connectivity index (χ1n) is 6.87. The van der Waals surface area contributed by atoms with Gasteiger partial charge >= 0.3 is 0 Å². The topological polar surface area (TPSA) is 24.9 Å². The van der Waals surface area contributed by atoms with Crippen LogP contribution in [0.2, 0.25) is 0 Å². The summed E-state index contributed by atoms with van der Waals surface area (Å²) in [5.74, 6) is 0. The van der Waals surface area contributed by atoms with Crippen molar-refractivity contribution >= 4 is 10.9 Å². The Bertz CT molecular complexity index is 493. The third-order valence-electron chi connectivity index (χ3n) is 3.48. The minimum atomic E-state index is 0.447. The van der Waals surface area contributed by atoms with Crippen LogP contribution in [0.1, 0.15) is 44.2 Å². The van der Waals surface area contributed by atoms with Crippen LogP contribution in [-0.4, -0.2) is 12.0 Å². The molecule has 1 aromatic heterocycles. The van der Waals surface area contributed by atoms with Crippen LogP contribution in [0.4, 0.5) is 0 Å². The molecule has 0 radical (unpaired) electrons. The lowest BCUT2D eigenvalue weighted by molar-refractivity contribution is 0.512. The molecule has 2 aromatic rings. The van der Waals surface area contributed by atoms with Crippen molar-refractivity contribution < 1.29 is 0 Å². The molecular formula is C16H22N2. The largest absolute Gasteiger partial charge is 0.313 e. The molecule has 0 saturated carbocycles.